The first-order chi connectivity index (χ1) is 10.0. The summed E-state index contributed by atoms with van der Waals surface area (Å²) in [6.07, 6.45) is 2.95. The number of anilines is 1. The summed E-state index contributed by atoms with van der Waals surface area (Å²) in [5.41, 5.74) is 3.04. The predicted molar refractivity (Wildman–Crippen MR) is 83.4 cm³/mol. The molecule has 2 amide bonds. The third-order valence-electron chi connectivity index (χ3n) is 3.05. The van der Waals surface area contributed by atoms with E-state index in [-0.39, 0.29) is 12.0 Å². The molecule has 2 N–H and O–H groups in total. The number of amides is 2. The van der Waals surface area contributed by atoms with Crippen LogP contribution in [0, 0.1) is 13.8 Å². The molecule has 1 aromatic rings. The van der Waals surface area contributed by atoms with E-state index in [1.807, 2.05) is 26.0 Å². The molecular formula is C16H24N2O3. The zero-order valence-corrected chi connectivity index (χ0v) is 13.0. The van der Waals surface area contributed by atoms with Crippen LogP contribution in [0.25, 0.3) is 0 Å². The molecule has 0 aliphatic heterocycles. The molecule has 0 saturated carbocycles. The van der Waals surface area contributed by atoms with Crippen molar-refractivity contribution in [2.75, 3.05) is 19.0 Å². The van der Waals surface area contributed by atoms with Gasteiger partial charge in [0, 0.05) is 18.7 Å². The van der Waals surface area contributed by atoms with Gasteiger partial charge in [-0.05, 0) is 49.9 Å². The van der Waals surface area contributed by atoms with Crippen molar-refractivity contribution >= 4 is 17.7 Å². The number of hydrogen-bond acceptors (Lipinski definition) is 3. The molecule has 5 nitrogen and oxygen atoms in total. The van der Waals surface area contributed by atoms with Crippen LogP contribution in [0.3, 0.4) is 0 Å². The predicted octanol–water partition coefficient (Wildman–Crippen LogP) is 3.16. The summed E-state index contributed by atoms with van der Waals surface area (Å²) in [7, 11) is 1.39. The molecule has 5 heteroatoms. The van der Waals surface area contributed by atoms with Crippen molar-refractivity contribution in [1.29, 1.82) is 0 Å². The number of nitrogens with one attached hydrogen (secondary N) is 2. The molecular weight excluding hydrogens is 268 g/mol. The standard InChI is InChI=1S/C16H24N2O3/c1-12-9-13(2)11-14(10-12)18-16(20)17-8-6-4-5-7-15(19)21-3/h9-11H,4-8H2,1-3H3,(H2,17,18,20). The molecule has 0 aliphatic carbocycles. The first-order valence-corrected chi connectivity index (χ1v) is 7.21. The van der Waals surface area contributed by atoms with Crippen LogP contribution < -0.4 is 10.6 Å². The molecule has 1 rings (SSSR count). The number of carbonyl (C=O) groups is 2. The van der Waals surface area contributed by atoms with Gasteiger partial charge in [0.2, 0.25) is 0 Å². The van der Waals surface area contributed by atoms with Gasteiger partial charge < -0.3 is 15.4 Å². The van der Waals surface area contributed by atoms with Crippen molar-refractivity contribution in [2.24, 2.45) is 0 Å². The Morgan fingerprint density at radius 1 is 1.05 bits per heavy atom. The van der Waals surface area contributed by atoms with Crippen LogP contribution in [0.4, 0.5) is 10.5 Å². The number of hydrogen-bond donors (Lipinski definition) is 2. The number of esters is 1. The maximum atomic E-state index is 11.7. The second-order valence-electron chi connectivity index (χ2n) is 5.14. The van der Waals surface area contributed by atoms with E-state index in [2.05, 4.69) is 21.4 Å². The molecule has 116 valence electrons. The van der Waals surface area contributed by atoms with Gasteiger partial charge in [-0.2, -0.15) is 0 Å². The SMILES string of the molecule is COC(=O)CCCCCNC(=O)Nc1cc(C)cc(C)c1. The largest absolute Gasteiger partial charge is 0.469 e. The Morgan fingerprint density at radius 3 is 2.33 bits per heavy atom. The van der Waals surface area contributed by atoms with Crippen molar-refractivity contribution in [1.82, 2.24) is 5.32 Å². The van der Waals surface area contributed by atoms with Crippen LogP contribution >= 0.6 is 0 Å². The third kappa shape index (κ3) is 7.34. The number of methoxy groups -OCH3 is 1. The second-order valence-corrected chi connectivity index (χ2v) is 5.14. The van der Waals surface area contributed by atoms with Gasteiger partial charge in [0.1, 0.15) is 0 Å². The number of carbonyl (C=O) groups excluding carboxylic acids is 2. The number of urea groups is 1. The molecule has 0 fully saturated rings. The monoisotopic (exact) mass is 292 g/mol. The number of ether oxygens (including phenoxy) is 1. The third-order valence-corrected chi connectivity index (χ3v) is 3.05. The van der Waals surface area contributed by atoms with Gasteiger partial charge in [-0.1, -0.05) is 12.5 Å². The molecule has 0 spiro atoms. The highest BCUT2D eigenvalue weighted by Gasteiger charge is 2.03. The van der Waals surface area contributed by atoms with E-state index in [1.165, 1.54) is 7.11 Å². The van der Waals surface area contributed by atoms with E-state index in [1.54, 1.807) is 0 Å². The summed E-state index contributed by atoms with van der Waals surface area (Å²) >= 11 is 0. The highest BCUT2D eigenvalue weighted by Crippen LogP contribution is 2.13. The molecule has 1 aromatic carbocycles. The lowest BCUT2D eigenvalue weighted by Gasteiger charge is -2.09. The summed E-state index contributed by atoms with van der Waals surface area (Å²) in [6, 6.07) is 5.73. The van der Waals surface area contributed by atoms with Crippen LogP contribution in [-0.4, -0.2) is 25.7 Å². The van der Waals surface area contributed by atoms with E-state index in [0.29, 0.717) is 13.0 Å². The minimum absolute atomic E-state index is 0.185. The van der Waals surface area contributed by atoms with E-state index < -0.39 is 0 Å². The zero-order valence-electron chi connectivity index (χ0n) is 13.0. The fourth-order valence-corrected chi connectivity index (χ4v) is 2.10. The van der Waals surface area contributed by atoms with Crippen molar-refractivity contribution < 1.29 is 14.3 Å². The Morgan fingerprint density at radius 2 is 1.71 bits per heavy atom. The van der Waals surface area contributed by atoms with Crippen molar-refractivity contribution in [3.05, 3.63) is 29.3 Å². The van der Waals surface area contributed by atoms with Crippen LogP contribution in [0.5, 0.6) is 0 Å². The smallest absolute Gasteiger partial charge is 0.319 e. The van der Waals surface area contributed by atoms with E-state index in [4.69, 9.17) is 0 Å². The van der Waals surface area contributed by atoms with Crippen LogP contribution in [-0.2, 0) is 9.53 Å². The normalized spacial score (nSPS) is 10.0. The topological polar surface area (TPSA) is 67.4 Å². The molecule has 0 aromatic heterocycles. The summed E-state index contributed by atoms with van der Waals surface area (Å²) < 4.78 is 4.56. The molecule has 0 heterocycles. The van der Waals surface area contributed by atoms with Crippen molar-refractivity contribution in [3.63, 3.8) is 0 Å². The highest BCUT2D eigenvalue weighted by atomic mass is 16.5. The highest BCUT2D eigenvalue weighted by molar-refractivity contribution is 5.89. The van der Waals surface area contributed by atoms with Crippen LogP contribution in [0.1, 0.15) is 36.8 Å². The molecule has 0 bridgehead atoms. The van der Waals surface area contributed by atoms with Gasteiger partial charge in [-0.3, -0.25) is 4.79 Å². The van der Waals surface area contributed by atoms with Gasteiger partial charge in [0.15, 0.2) is 0 Å². The van der Waals surface area contributed by atoms with Crippen molar-refractivity contribution in [3.8, 4) is 0 Å². The lowest BCUT2D eigenvalue weighted by Crippen LogP contribution is -2.29. The van der Waals surface area contributed by atoms with Gasteiger partial charge >= 0.3 is 12.0 Å². The van der Waals surface area contributed by atoms with Crippen LogP contribution in [0.2, 0.25) is 0 Å². The summed E-state index contributed by atoms with van der Waals surface area (Å²) in [5, 5.41) is 5.62. The summed E-state index contributed by atoms with van der Waals surface area (Å²) in [4.78, 5) is 22.6. The molecule has 0 aliphatic rings. The Bertz CT molecular complexity index is 466. The Hall–Kier alpha value is -2.04. The first kappa shape index (κ1) is 17.0. The van der Waals surface area contributed by atoms with Crippen molar-refractivity contribution in [2.45, 2.75) is 39.5 Å². The maximum Gasteiger partial charge on any atom is 0.319 e. The van der Waals surface area contributed by atoms with Gasteiger partial charge in [-0.25, -0.2) is 4.79 Å². The molecule has 0 saturated heterocycles. The lowest BCUT2D eigenvalue weighted by molar-refractivity contribution is -0.140. The minimum atomic E-state index is -0.201. The fraction of sp³-hybridized carbons (Fsp3) is 0.500. The molecule has 21 heavy (non-hydrogen) atoms. The van der Waals surface area contributed by atoms with E-state index in [0.717, 1.165) is 36.1 Å². The lowest BCUT2D eigenvalue weighted by atomic mass is 10.1. The molecule has 0 atom stereocenters. The van der Waals surface area contributed by atoms with Gasteiger partial charge in [0.25, 0.3) is 0 Å². The molecule has 0 radical (unpaired) electrons. The first-order valence-electron chi connectivity index (χ1n) is 7.21. The quantitative estimate of drug-likeness (QED) is 0.599. The average Bonchev–Trinajstić information content (AvgIpc) is 2.41. The number of benzene rings is 1. The second kappa shape index (κ2) is 9.00. The zero-order chi connectivity index (χ0) is 15.7. The molecule has 0 unspecified atom stereocenters. The van der Waals surface area contributed by atoms with Gasteiger partial charge in [0.05, 0.1) is 7.11 Å². The van der Waals surface area contributed by atoms with E-state index >= 15 is 0 Å². The fourth-order valence-electron chi connectivity index (χ4n) is 2.10. The summed E-state index contributed by atoms with van der Waals surface area (Å²) in [6.45, 7) is 4.59. The Balaban J connectivity index is 2.18. The Kier molecular flexibility index (Phi) is 7.29. The number of unbranched alkanes of at least 4 members (excludes halogenated alkanes) is 2. The minimum Gasteiger partial charge on any atom is -0.469 e. The average molecular weight is 292 g/mol. The number of aryl methyl sites for hydroxylation is 2. The van der Waals surface area contributed by atoms with E-state index in [9.17, 15) is 9.59 Å². The summed E-state index contributed by atoms with van der Waals surface area (Å²) in [5.74, 6) is -0.185. The van der Waals surface area contributed by atoms with Crippen LogP contribution in [0.15, 0.2) is 18.2 Å². The van der Waals surface area contributed by atoms with Gasteiger partial charge in [-0.15, -0.1) is 0 Å². The maximum absolute atomic E-state index is 11.7. The number of rotatable bonds is 7. The Labute approximate surface area is 126 Å².